The van der Waals surface area contributed by atoms with Crippen LogP contribution >= 0.6 is 11.6 Å². The van der Waals surface area contributed by atoms with Crippen LogP contribution in [-0.2, 0) is 16.6 Å². The zero-order valence-electron chi connectivity index (χ0n) is 8.87. The van der Waals surface area contributed by atoms with Gasteiger partial charge in [0.25, 0.3) is 0 Å². The minimum atomic E-state index is -3.30. The van der Waals surface area contributed by atoms with Gasteiger partial charge in [-0.05, 0) is 17.7 Å². The van der Waals surface area contributed by atoms with E-state index in [1.54, 1.807) is 0 Å². The Morgan fingerprint density at radius 3 is 2.56 bits per heavy atom. The number of sulfonamides is 1. The topological polar surface area (TPSA) is 63.4 Å². The van der Waals surface area contributed by atoms with Gasteiger partial charge in [-0.25, -0.2) is 17.1 Å². The molecule has 0 amide bonds. The summed E-state index contributed by atoms with van der Waals surface area (Å²) in [6, 6.07) is 2.40. The summed E-state index contributed by atoms with van der Waals surface area (Å²) in [5, 5.41) is 0.155. The third-order valence-electron chi connectivity index (χ3n) is 2.12. The van der Waals surface area contributed by atoms with Gasteiger partial charge < -0.3 is 5.73 Å². The van der Waals surface area contributed by atoms with E-state index in [2.05, 4.69) is 0 Å². The molecule has 2 N–H and O–H groups in total. The number of benzene rings is 1. The SMILES string of the molecule is CN(Cc1cc(N)c(F)cc1Cl)S(C)(=O)=O. The molecule has 16 heavy (non-hydrogen) atoms. The van der Waals surface area contributed by atoms with Crippen molar-refractivity contribution in [2.45, 2.75) is 6.54 Å². The van der Waals surface area contributed by atoms with Gasteiger partial charge in [-0.1, -0.05) is 11.6 Å². The monoisotopic (exact) mass is 266 g/mol. The number of halogens is 2. The van der Waals surface area contributed by atoms with E-state index in [4.69, 9.17) is 17.3 Å². The smallest absolute Gasteiger partial charge is 0.211 e. The molecule has 0 saturated heterocycles. The Hall–Kier alpha value is -0.850. The van der Waals surface area contributed by atoms with Crippen molar-refractivity contribution in [3.8, 4) is 0 Å². The molecule has 0 aromatic heterocycles. The Morgan fingerprint density at radius 1 is 1.50 bits per heavy atom. The highest BCUT2D eigenvalue weighted by Crippen LogP contribution is 2.23. The minimum Gasteiger partial charge on any atom is -0.396 e. The maximum absolute atomic E-state index is 13.0. The molecule has 1 rings (SSSR count). The first-order valence-corrected chi connectivity index (χ1v) is 6.59. The van der Waals surface area contributed by atoms with Gasteiger partial charge in [-0.2, -0.15) is 0 Å². The average Bonchev–Trinajstić information content (AvgIpc) is 2.12. The molecular formula is C9H12ClFN2O2S. The van der Waals surface area contributed by atoms with E-state index in [1.165, 1.54) is 13.1 Å². The Labute approximate surface area is 98.9 Å². The van der Waals surface area contributed by atoms with Crippen LogP contribution in [0.1, 0.15) is 5.56 Å². The van der Waals surface area contributed by atoms with Crippen LogP contribution in [0.5, 0.6) is 0 Å². The van der Waals surface area contributed by atoms with Gasteiger partial charge >= 0.3 is 0 Å². The molecule has 0 heterocycles. The summed E-state index contributed by atoms with van der Waals surface area (Å²) in [7, 11) is -1.89. The third-order valence-corrected chi connectivity index (χ3v) is 3.74. The first-order valence-electron chi connectivity index (χ1n) is 4.36. The van der Waals surface area contributed by atoms with Crippen molar-refractivity contribution in [1.29, 1.82) is 0 Å². The number of anilines is 1. The predicted octanol–water partition coefficient (Wildman–Crippen LogP) is 1.45. The zero-order chi connectivity index (χ0) is 12.5. The van der Waals surface area contributed by atoms with Crippen LogP contribution in [0.15, 0.2) is 12.1 Å². The minimum absolute atomic E-state index is 0.0544. The molecular weight excluding hydrogens is 255 g/mol. The molecule has 0 fully saturated rings. The molecule has 0 spiro atoms. The number of nitrogens with two attached hydrogens (primary N) is 1. The molecule has 0 radical (unpaired) electrons. The van der Waals surface area contributed by atoms with Crippen molar-refractivity contribution in [2.24, 2.45) is 0 Å². The third kappa shape index (κ3) is 3.07. The Morgan fingerprint density at radius 2 is 2.06 bits per heavy atom. The van der Waals surface area contributed by atoms with E-state index in [-0.39, 0.29) is 17.3 Å². The van der Waals surface area contributed by atoms with Crippen molar-refractivity contribution in [2.75, 3.05) is 19.0 Å². The van der Waals surface area contributed by atoms with Gasteiger partial charge in [0.05, 0.1) is 11.9 Å². The summed E-state index contributed by atoms with van der Waals surface area (Å²) < 4.78 is 36.4. The van der Waals surface area contributed by atoms with E-state index < -0.39 is 15.8 Å². The van der Waals surface area contributed by atoms with Crippen LogP contribution in [0.3, 0.4) is 0 Å². The molecule has 0 unspecified atom stereocenters. The highest BCUT2D eigenvalue weighted by atomic mass is 35.5. The largest absolute Gasteiger partial charge is 0.396 e. The Kier molecular flexibility index (Phi) is 3.77. The second kappa shape index (κ2) is 4.57. The van der Waals surface area contributed by atoms with Crippen molar-refractivity contribution >= 4 is 27.3 Å². The highest BCUT2D eigenvalue weighted by Gasteiger charge is 2.14. The average molecular weight is 267 g/mol. The molecule has 0 aliphatic rings. The van der Waals surface area contributed by atoms with Gasteiger partial charge in [0.1, 0.15) is 5.82 Å². The van der Waals surface area contributed by atoms with E-state index in [1.807, 2.05) is 0 Å². The van der Waals surface area contributed by atoms with Gasteiger partial charge in [-0.15, -0.1) is 0 Å². The number of nitrogens with zero attached hydrogens (tertiary/aromatic N) is 1. The van der Waals surface area contributed by atoms with Gasteiger partial charge in [0.2, 0.25) is 10.0 Å². The maximum Gasteiger partial charge on any atom is 0.211 e. The summed E-state index contributed by atoms with van der Waals surface area (Å²) in [5.41, 5.74) is 5.78. The van der Waals surface area contributed by atoms with Crippen LogP contribution in [-0.4, -0.2) is 26.0 Å². The van der Waals surface area contributed by atoms with Crippen LogP contribution < -0.4 is 5.73 Å². The Bertz CT molecular complexity index is 504. The standard InChI is InChI=1S/C9H12ClFN2O2S/c1-13(16(2,14)15)5-6-3-9(12)8(11)4-7(6)10/h3-4H,5,12H2,1-2H3. The fraction of sp³-hybridized carbons (Fsp3) is 0.333. The van der Waals surface area contributed by atoms with Gasteiger partial charge in [0.15, 0.2) is 0 Å². The predicted molar refractivity (Wildman–Crippen MR) is 62.1 cm³/mol. The highest BCUT2D eigenvalue weighted by molar-refractivity contribution is 7.88. The second-order valence-corrected chi connectivity index (χ2v) is 5.98. The lowest BCUT2D eigenvalue weighted by molar-refractivity contribution is 0.472. The zero-order valence-corrected chi connectivity index (χ0v) is 10.4. The summed E-state index contributed by atoms with van der Waals surface area (Å²) in [6.45, 7) is 0.0577. The van der Waals surface area contributed by atoms with E-state index in [0.717, 1.165) is 16.6 Å². The normalized spacial score (nSPS) is 12.1. The summed E-state index contributed by atoms with van der Waals surface area (Å²) in [4.78, 5) is 0. The van der Waals surface area contributed by atoms with Crippen molar-refractivity contribution < 1.29 is 12.8 Å². The number of rotatable bonds is 3. The lowest BCUT2D eigenvalue weighted by atomic mass is 10.2. The van der Waals surface area contributed by atoms with Gasteiger partial charge in [-0.3, -0.25) is 0 Å². The van der Waals surface area contributed by atoms with E-state index in [0.29, 0.717) is 5.56 Å². The van der Waals surface area contributed by atoms with E-state index in [9.17, 15) is 12.8 Å². The molecule has 0 aliphatic carbocycles. The molecule has 0 bridgehead atoms. The molecule has 90 valence electrons. The number of nitrogen functional groups attached to an aromatic ring is 1. The van der Waals surface area contributed by atoms with Crippen molar-refractivity contribution in [1.82, 2.24) is 4.31 Å². The molecule has 1 aromatic carbocycles. The lowest BCUT2D eigenvalue weighted by Gasteiger charge is -2.15. The first kappa shape index (κ1) is 13.2. The molecule has 7 heteroatoms. The maximum atomic E-state index is 13.0. The van der Waals surface area contributed by atoms with Crippen LogP contribution in [0.2, 0.25) is 5.02 Å². The quantitative estimate of drug-likeness (QED) is 0.843. The fourth-order valence-corrected chi connectivity index (χ4v) is 1.67. The number of hydrogen-bond acceptors (Lipinski definition) is 3. The van der Waals surface area contributed by atoms with Gasteiger partial charge in [0, 0.05) is 18.6 Å². The molecule has 0 atom stereocenters. The molecule has 0 saturated carbocycles. The lowest BCUT2D eigenvalue weighted by Crippen LogP contribution is -2.25. The summed E-state index contributed by atoms with van der Waals surface area (Å²) >= 11 is 5.78. The summed E-state index contributed by atoms with van der Waals surface area (Å²) in [6.07, 6.45) is 1.08. The molecule has 1 aromatic rings. The van der Waals surface area contributed by atoms with Crippen molar-refractivity contribution in [3.63, 3.8) is 0 Å². The Balaban J connectivity index is 3.03. The molecule has 0 aliphatic heterocycles. The fourth-order valence-electron chi connectivity index (χ4n) is 1.09. The number of hydrogen-bond donors (Lipinski definition) is 1. The molecule has 4 nitrogen and oxygen atoms in total. The van der Waals surface area contributed by atoms with Crippen LogP contribution in [0, 0.1) is 5.82 Å². The van der Waals surface area contributed by atoms with Crippen molar-refractivity contribution in [3.05, 3.63) is 28.5 Å². The summed E-state index contributed by atoms with van der Waals surface area (Å²) in [5.74, 6) is -0.615. The van der Waals surface area contributed by atoms with Crippen LogP contribution in [0.4, 0.5) is 10.1 Å². The van der Waals surface area contributed by atoms with Crippen LogP contribution in [0.25, 0.3) is 0 Å². The van der Waals surface area contributed by atoms with E-state index >= 15 is 0 Å². The second-order valence-electron chi connectivity index (χ2n) is 3.48. The first-order chi connectivity index (χ1) is 7.21.